The van der Waals surface area contributed by atoms with Gasteiger partial charge in [0.15, 0.2) is 0 Å². The van der Waals surface area contributed by atoms with Crippen LogP contribution in [0.5, 0.6) is 0 Å². The normalized spacial score (nSPS) is 10.9. The Hall–Kier alpha value is 0.640. The second-order valence-corrected chi connectivity index (χ2v) is 6.35. The molecule has 0 aliphatic carbocycles. The molecule has 0 N–H and O–H groups in total. The van der Waals surface area contributed by atoms with E-state index in [9.17, 15) is 0 Å². The first kappa shape index (κ1) is 9.21. The number of rotatable bonds is 0. The van der Waals surface area contributed by atoms with Gasteiger partial charge in [-0.2, -0.15) is 0 Å². The first-order valence-corrected chi connectivity index (χ1v) is 6.49. The van der Waals surface area contributed by atoms with Crippen LogP contribution in [0.2, 0.25) is 0 Å². The van der Waals surface area contributed by atoms with Crippen molar-refractivity contribution in [3.05, 3.63) is 30.2 Å². The molecular formula is C9H6I2S. The van der Waals surface area contributed by atoms with Crippen LogP contribution in [0, 0.1) is 14.1 Å². The van der Waals surface area contributed by atoms with E-state index in [1.807, 2.05) is 11.3 Å². The molecule has 1 heterocycles. The Balaban J connectivity index is 2.88. The Morgan fingerprint density at radius 3 is 2.67 bits per heavy atom. The molecule has 12 heavy (non-hydrogen) atoms. The Morgan fingerprint density at radius 2 is 1.92 bits per heavy atom. The van der Waals surface area contributed by atoms with E-state index in [1.165, 1.54) is 22.1 Å². The standard InChI is InChI=1S/C9H6I2S/c1-5-2-7-8(11)3-6(10)4-9(7)12-5/h2-4H,1H3. The third-order valence-electron chi connectivity index (χ3n) is 1.67. The Labute approximate surface area is 103 Å². The van der Waals surface area contributed by atoms with Gasteiger partial charge < -0.3 is 0 Å². The molecule has 0 aliphatic rings. The van der Waals surface area contributed by atoms with E-state index in [0.29, 0.717) is 0 Å². The zero-order valence-corrected chi connectivity index (χ0v) is 11.5. The second kappa shape index (κ2) is 3.42. The topological polar surface area (TPSA) is 0 Å². The minimum Gasteiger partial charge on any atom is -0.141 e. The average molecular weight is 400 g/mol. The Bertz CT molecular complexity index is 431. The van der Waals surface area contributed by atoms with Gasteiger partial charge in [-0.05, 0) is 70.3 Å². The lowest BCUT2D eigenvalue weighted by Gasteiger charge is -1.94. The summed E-state index contributed by atoms with van der Waals surface area (Å²) >= 11 is 6.63. The highest BCUT2D eigenvalue weighted by Crippen LogP contribution is 2.30. The van der Waals surface area contributed by atoms with Crippen molar-refractivity contribution in [3.63, 3.8) is 0 Å². The highest BCUT2D eigenvalue weighted by atomic mass is 127. The lowest BCUT2D eigenvalue weighted by atomic mass is 10.2. The summed E-state index contributed by atoms with van der Waals surface area (Å²) in [5.74, 6) is 0. The lowest BCUT2D eigenvalue weighted by molar-refractivity contribution is 1.64. The van der Waals surface area contributed by atoms with E-state index in [1.54, 1.807) is 0 Å². The number of benzene rings is 1. The van der Waals surface area contributed by atoms with Crippen molar-refractivity contribution in [2.45, 2.75) is 6.92 Å². The summed E-state index contributed by atoms with van der Waals surface area (Å²) in [7, 11) is 0. The summed E-state index contributed by atoms with van der Waals surface area (Å²) in [5.41, 5.74) is 0. The van der Waals surface area contributed by atoms with Gasteiger partial charge in [0.2, 0.25) is 0 Å². The number of fused-ring (bicyclic) bond motifs is 1. The molecule has 1 aromatic carbocycles. The van der Waals surface area contributed by atoms with Crippen molar-refractivity contribution < 1.29 is 0 Å². The van der Waals surface area contributed by atoms with E-state index >= 15 is 0 Å². The van der Waals surface area contributed by atoms with Gasteiger partial charge in [0.05, 0.1) is 0 Å². The average Bonchev–Trinajstić information content (AvgIpc) is 2.29. The van der Waals surface area contributed by atoms with E-state index in [0.717, 1.165) is 0 Å². The highest BCUT2D eigenvalue weighted by Gasteiger charge is 2.03. The van der Waals surface area contributed by atoms with Crippen molar-refractivity contribution in [3.8, 4) is 0 Å². The summed E-state index contributed by atoms with van der Waals surface area (Å²) < 4.78 is 4.09. The molecule has 0 unspecified atom stereocenters. The third kappa shape index (κ3) is 1.63. The van der Waals surface area contributed by atoms with Gasteiger partial charge in [0.25, 0.3) is 0 Å². The fraction of sp³-hybridized carbons (Fsp3) is 0.111. The minimum absolute atomic E-state index is 1.33. The number of hydrogen-bond donors (Lipinski definition) is 0. The van der Waals surface area contributed by atoms with Gasteiger partial charge in [-0.1, -0.05) is 0 Å². The molecule has 0 saturated carbocycles. The van der Waals surface area contributed by atoms with Crippen LogP contribution in [-0.4, -0.2) is 0 Å². The molecule has 0 spiro atoms. The Kier molecular flexibility index (Phi) is 2.62. The van der Waals surface area contributed by atoms with Crippen molar-refractivity contribution in [1.29, 1.82) is 0 Å². The molecule has 2 aromatic rings. The summed E-state index contributed by atoms with van der Waals surface area (Å²) in [4.78, 5) is 1.39. The number of thiophene rings is 1. The first-order valence-electron chi connectivity index (χ1n) is 3.52. The van der Waals surface area contributed by atoms with Gasteiger partial charge in [0.1, 0.15) is 0 Å². The van der Waals surface area contributed by atoms with E-state index < -0.39 is 0 Å². The van der Waals surface area contributed by atoms with Crippen LogP contribution in [-0.2, 0) is 0 Å². The molecular weight excluding hydrogens is 394 g/mol. The fourth-order valence-corrected chi connectivity index (χ4v) is 4.57. The summed E-state index contributed by atoms with van der Waals surface area (Å²) in [6.45, 7) is 2.16. The summed E-state index contributed by atoms with van der Waals surface area (Å²) in [6, 6.07) is 6.73. The zero-order chi connectivity index (χ0) is 8.72. The van der Waals surface area contributed by atoms with Gasteiger partial charge in [-0.3, -0.25) is 0 Å². The maximum atomic E-state index is 2.40. The molecule has 0 atom stereocenters. The molecule has 62 valence electrons. The van der Waals surface area contributed by atoms with Crippen molar-refractivity contribution in [2.75, 3.05) is 0 Å². The van der Waals surface area contributed by atoms with Crippen LogP contribution in [0.15, 0.2) is 18.2 Å². The van der Waals surface area contributed by atoms with Crippen molar-refractivity contribution >= 4 is 66.6 Å². The molecule has 0 radical (unpaired) electrons. The molecule has 0 saturated heterocycles. The van der Waals surface area contributed by atoms with Gasteiger partial charge >= 0.3 is 0 Å². The largest absolute Gasteiger partial charge is 0.141 e. The van der Waals surface area contributed by atoms with Crippen LogP contribution in [0.4, 0.5) is 0 Å². The van der Waals surface area contributed by atoms with Crippen molar-refractivity contribution in [2.24, 2.45) is 0 Å². The SMILES string of the molecule is Cc1cc2c(I)cc(I)cc2s1. The number of aryl methyl sites for hydroxylation is 1. The van der Waals surface area contributed by atoms with Gasteiger partial charge in [-0.25, -0.2) is 0 Å². The molecule has 0 aliphatic heterocycles. The maximum Gasteiger partial charge on any atom is 0.0366 e. The predicted molar refractivity (Wildman–Crippen MR) is 72.0 cm³/mol. The summed E-state index contributed by atoms with van der Waals surface area (Å²) in [6.07, 6.45) is 0. The predicted octanol–water partition coefficient (Wildman–Crippen LogP) is 4.42. The molecule has 0 fully saturated rings. The summed E-state index contributed by atoms with van der Waals surface area (Å²) in [5, 5.41) is 1.40. The molecule has 2 rings (SSSR count). The Morgan fingerprint density at radius 1 is 1.17 bits per heavy atom. The highest BCUT2D eigenvalue weighted by molar-refractivity contribution is 14.1. The van der Waals surface area contributed by atoms with Crippen LogP contribution in [0.3, 0.4) is 0 Å². The fourth-order valence-electron chi connectivity index (χ4n) is 1.19. The zero-order valence-electron chi connectivity index (χ0n) is 6.40. The van der Waals surface area contributed by atoms with Crippen molar-refractivity contribution in [1.82, 2.24) is 0 Å². The smallest absolute Gasteiger partial charge is 0.0366 e. The second-order valence-electron chi connectivity index (χ2n) is 2.66. The quantitative estimate of drug-likeness (QED) is 0.575. The van der Waals surface area contributed by atoms with Gasteiger partial charge in [0, 0.05) is 22.1 Å². The minimum atomic E-state index is 1.33. The lowest BCUT2D eigenvalue weighted by Crippen LogP contribution is -1.74. The monoisotopic (exact) mass is 400 g/mol. The van der Waals surface area contributed by atoms with Crippen LogP contribution in [0.25, 0.3) is 10.1 Å². The molecule has 0 bridgehead atoms. The first-order chi connectivity index (χ1) is 5.66. The van der Waals surface area contributed by atoms with Crippen LogP contribution in [0.1, 0.15) is 4.88 Å². The van der Waals surface area contributed by atoms with Gasteiger partial charge in [-0.15, -0.1) is 11.3 Å². The van der Waals surface area contributed by atoms with E-state index in [4.69, 9.17) is 0 Å². The van der Waals surface area contributed by atoms with Crippen LogP contribution >= 0.6 is 56.5 Å². The molecule has 0 amide bonds. The van der Waals surface area contributed by atoms with Crippen LogP contribution < -0.4 is 0 Å². The van der Waals surface area contributed by atoms with E-state index in [2.05, 4.69) is 70.3 Å². The van der Waals surface area contributed by atoms with E-state index in [-0.39, 0.29) is 0 Å². The molecule has 3 heteroatoms. The molecule has 0 nitrogen and oxygen atoms in total. The molecule has 1 aromatic heterocycles. The number of halogens is 2. The number of hydrogen-bond acceptors (Lipinski definition) is 1. The third-order valence-corrected chi connectivity index (χ3v) is 4.19. The maximum absolute atomic E-state index is 2.40.